The molecule has 0 saturated carbocycles. The Morgan fingerprint density at radius 3 is 2.15 bits per heavy atom. The van der Waals surface area contributed by atoms with E-state index in [9.17, 15) is 33.9 Å². The Balaban J connectivity index is 2.94. The van der Waals surface area contributed by atoms with Gasteiger partial charge in [0.15, 0.2) is 0 Å². The van der Waals surface area contributed by atoms with Crippen molar-refractivity contribution in [3.8, 4) is 0 Å². The lowest BCUT2D eigenvalue weighted by atomic mass is 9.96. The quantitative estimate of drug-likeness (QED) is 0.160. The highest BCUT2D eigenvalue weighted by Gasteiger charge is 2.40. The summed E-state index contributed by atoms with van der Waals surface area (Å²) in [5.41, 5.74) is 16.0. The van der Waals surface area contributed by atoms with Gasteiger partial charge in [0.05, 0.1) is 6.04 Å². The summed E-state index contributed by atoms with van der Waals surface area (Å²) in [5.74, 6) is -4.65. The van der Waals surface area contributed by atoms with Gasteiger partial charge in [-0.3, -0.25) is 24.0 Å². The minimum Gasteiger partial charge on any atom is -0.480 e. The van der Waals surface area contributed by atoms with E-state index >= 15 is 0 Å². The van der Waals surface area contributed by atoms with Gasteiger partial charge in [-0.15, -0.1) is 0 Å². The second-order valence-electron chi connectivity index (χ2n) is 8.58. The highest BCUT2D eigenvalue weighted by atomic mass is 16.4. The van der Waals surface area contributed by atoms with Gasteiger partial charge < -0.3 is 37.8 Å². The Morgan fingerprint density at radius 1 is 1.03 bits per heavy atom. The van der Waals surface area contributed by atoms with Gasteiger partial charge in [-0.2, -0.15) is 0 Å². The number of nitrogens with two attached hydrogens (primary N) is 3. The Hall–Kier alpha value is -3.22. The van der Waals surface area contributed by atoms with E-state index in [0.717, 1.165) is 0 Å². The molecule has 9 N–H and O–H groups in total. The van der Waals surface area contributed by atoms with Crippen LogP contribution in [0.15, 0.2) is 0 Å². The highest BCUT2D eigenvalue weighted by Crippen LogP contribution is 2.22. The maximum Gasteiger partial charge on any atom is 0.326 e. The van der Waals surface area contributed by atoms with E-state index in [1.807, 2.05) is 6.92 Å². The Bertz CT molecular complexity index is 790. The molecule has 1 fully saturated rings. The lowest BCUT2D eigenvalue weighted by Gasteiger charge is -2.32. The van der Waals surface area contributed by atoms with E-state index in [2.05, 4.69) is 10.6 Å². The summed E-state index contributed by atoms with van der Waals surface area (Å²) in [5, 5.41) is 14.3. The maximum atomic E-state index is 13.4. The van der Waals surface area contributed by atoms with Gasteiger partial charge in [-0.25, -0.2) is 4.79 Å². The summed E-state index contributed by atoms with van der Waals surface area (Å²) < 4.78 is 0. The molecule has 34 heavy (non-hydrogen) atoms. The van der Waals surface area contributed by atoms with Crippen molar-refractivity contribution < 1.29 is 33.9 Å². The number of carboxylic acids is 1. The first-order chi connectivity index (χ1) is 15.9. The zero-order valence-corrected chi connectivity index (χ0v) is 19.6. The molecule has 5 unspecified atom stereocenters. The summed E-state index contributed by atoms with van der Waals surface area (Å²) in [7, 11) is 0. The van der Waals surface area contributed by atoms with Crippen molar-refractivity contribution in [3.63, 3.8) is 0 Å². The SMILES string of the molecule is CCC(C)C(NC(=O)C(N)CCC(N)=O)C(=O)N1CCCC1C(=O)NC(CCC(N)=O)C(=O)O. The van der Waals surface area contributed by atoms with Crippen LogP contribution in [0.1, 0.15) is 58.8 Å². The van der Waals surface area contributed by atoms with E-state index in [0.29, 0.717) is 19.3 Å². The first-order valence-electron chi connectivity index (χ1n) is 11.3. The van der Waals surface area contributed by atoms with Crippen LogP contribution in [0.25, 0.3) is 0 Å². The maximum absolute atomic E-state index is 13.4. The molecular weight excluding hydrogens is 448 g/mol. The van der Waals surface area contributed by atoms with E-state index < -0.39 is 59.7 Å². The Morgan fingerprint density at radius 2 is 1.62 bits per heavy atom. The van der Waals surface area contributed by atoms with Crippen molar-refractivity contribution in [2.75, 3.05) is 6.54 Å². The van der Waals surface area contributed by atoms with Crippen molar-refractivity contribution in [3.05, 3.63) is 0 Å². The fourth-order valence-electron chi connectivity index (χ4n) is 3.67. The van der Waals surface area contributed by atoms with Crippen LogP contribution in [0, 0.1) is 5.92 Å². The zero-order chi connectivity index (χ0) is 26.0. The lowest BCUT2D eigenvalue weighted by Crippen LogP contribution is -2.58. The molecule has 0 radical (unpaired) electrons. The van der Waals surface area contributed by atoms with E-state index in [-0.39, 0.29) is 38.1 Å². The van der Waals surface area contributed by atoms with Crippen LogP contribution in [0.2, 0.25) is 0 Å². The fraction of sp³-hybridized carbons (Fsp3) is 0.714. The molecule has 0 aromatic rings. The topological polar surface area (TPSA) is 228 Å². The average molecular weight is 485 g/mol. The molecule has 13 nitrogen and oxygen atoms in total. The number of carbonyl (C=O) groups is 6. The Kier molecular flexibility index (Phi) is 11.4. The molecule has 5 atom stereocenters. The van der Waals surface area contributed by atoms with Crippen LogP contribution in [-0.4, -0.2) is 76.2 Å². The number of nitrogens with one attached hydrogen (secondary N) is 2. The molecule has 1 aliphatic rings. The van der Waals surface area contributed by atoms with Gasteiger partial charge in [-0.1, -0.05) is 20.3 Å². The number of carbonyl (C=O) groups excluding carboxylic acids is 5. The second kappa shape index (κ2) is 13.5. The number of rotatable bonds is 14. The molecule has 0 spiro atoms. The van der Waals surface area contributed by atoms with Gasteiger partial charge in [-0.05, 0) is 31.6 Å². The molecule has 0 aromatic carbocycles. The van der Waals surface area contributed by atoms with E-state index in [1.165, 1.54) is 4.90 Å². The number of aliphatic carboxylic acids is 1. The third-order valence-electron chi connectivity index (χ3n) is 5.95. The summed E-state index contributed by atoms with van der Waals surface area (Å²) in [6.07, 6.45) is 0.937. The number of carboxylic acid groups (broad SMARTS) is 1. The Labute approximate surface area is 198 Å². The van der Waals surface area contributed by atoms with Crippen molar-refractivity contribution in [2.24, 2.45) is 23.1 Å². The summed E-state index contributed by atoms with van der Waals surface area (Å²) in [4.78, 5) is 73.4. The fourth-order valence-corrected chi connectivity index (χ4v) is 3.67. The summed E-state index contributed by atoms with van der Waals surface area (Å²) >= 11 is 0. The van der Waals surface area contributed by atoms with Gasteiger partial charge in [0.25, 0.3) is 0 Å². The molecular formula is C21H36N6O7. The molecule has 0 aliphatic carbocycles. The van der Waals surface area contributed by atoms with Crippen molar-refractivity contribution in [1.29, 1.82) is 0 Å². The number of amides is 5. The minimum absolute atomic E-state index is 0.0270. The number of primary amides is 2. The second-order valence-corrected chi connectivity index (χ2v) is 8.58. The van der Waals surface area contributed by atoms with Gasteiger partial charge >= 0.3 is 5.97 Å². The lowest BCUT2D eigenvalue weighted by molar-refractivity contribution is -0.145. The number of hydrogen-bond donors (Lipinski definition) is 6. The predicted molar refractivity (Wildman–Crippen MR) is 121 cm³/mol. The van der Waals surface area contributed by atoms with Crippen molar-refractivity contribution in [1.82, 2.24) is 15.5 Å². The van der Waals surface area contributed by atoms with Gasteiger partial charge in [0.1, 0.15) is 18.1 Å². The van der Waals surface area contributed by atoms with Crippen LogP contribution in [0.4, 0.5) is 0 Å². The molecule has 5 amide bonds. The molecule has 192 valence electrons. The third kappa shape index (κ3) is 8.61. The summed E-state index contributed by atoms with van der Waals surface area (Å²) in [6, 6.07) is -4.25. The molecule has 1 saturated heterocycles. The van der Waals surface area contributed by atoms with Crippen LogP contribution >= 0.6 is 0 Å². The van der Waals surface area contributed by atoms with Gasteiger partial charge in [0.2, 0.25) is 29.5 Å². The standard InChI is InChI=1S/C21H36N6O7/c1-3-11(2)17(26-18(30)12(22)6-8-15(23)28)20(32)27-10-4-5-14(27)19(31)25-13(21(33)34)7-9-16(24)29/h11-14,17H,3-10,22H2,1-2H3,(H2,23,28)(H2,24,29)(H,25,31)(H,26,30)(H,33,34). The molecule has 1 heterocycles. The summed E-state index contributed by atoms with van der Waals surface area (Å²) in [6.45, 7) is 3.87. The van der Waals surface area contributed by atoms with E-state index in [1.54, 1.807) is 6.92 Å². The van der Waals surface area contributed by atoms with E-state index in [4.69, 9.17) is 17.2 Å². The monoisotopic (exact) mass is 484 g/mol. The highest BCUT2D eigenvalue weighted by molar-refractivity contribution is 5.94. The van der Waals surface area contributed by atoms with Crippen molar-refractivity contribution >= 4 is 35.5 Å². The minimum atomic E-state index is -1.33. The molecule has 1 rings (SSSR count). The predicted octanol–water partition coefficient (Wildman–Crippen LogP) is -2.06. The molecule has 1 aliphatic heterocycles. The first kappa shape index (κ1) is 28.8. The molecule has 13 heteroatoms. The number of nitrogens with zero attached hydrogens (tertiary/aromatic N) is 1. The van der Waals surface area contributed by atoms with Crippen molar-refractivity contribution in [2.45, 2.75) is 83.0 Å². The number of likely N-dealkylation sites (tertiary alicyclic amines) is 1. The van der Waals surface area contributed by atoms with Crippen LogP contribution in [0.5, 0.6) is 0 Å². The van der Waals surface area contributed by atoms with Crippen LogP contribution in [-0.2, 0) is 28.8 Å². The third-order valence-corrected chi connectivity index (χ3v) is 5.95. The average Bonchev–Trinajstić information content (AvgIpc) is 3.26. The molecule has 0 bridgehead atoms. The normalized spacial score (nSPS) is 18.9. The molecule has 0 aromatic heterocycles. The van der Waals surface area contributed by atoms with Crippen LogP contribution in [0.3, 0.4) is 0 Å². The number of hydrogen-bond acceptors (Lipinski definition) is 7. The van der Waals surface area contributed by atoms with Gasteiger partial charge in [0, 0.05) is 19.4 Å². The van der Waals surface area contributed by atoms with Crippen LogP contribution < -0.4 is 27.8 Å². The first-order valence-corrected chi connectivity index (χ1v) is 11.3. The largest absolute Gasteiger partial charge is 0.480 e. The smallest absolute Gasteiger partial charge is 0.326 e. The zero-order valence-electron chi connectivity index (χ0n) is 19.6.